The van der Waals surface area contributed by atoms with Gasteiger partial charge in [-0.05, 0) is 24.3 Å². The molecule has 0 spiro atoms. The summed E-state index contributed by atoms with van der Waals surface area (Å²) in [5, 5.41) is 18.6. The molecule has 3 rings (SSSR count). The van der Waals surface area contributed by atoms with Crippen molar-refractivity contribution in [1.29, 1.82) is 0 Å². The van der Waals surface area contributed by atoms with Crippen LogP contribution in [0.25, 0.3) is 5.52 Å². The van der Waals surface area contributed by atoms with Crippen molar-refractivity contribution >= 4 is 11.5 Å². The summed E-state index contributed by atoms with van der Waals surface area (Å²) in [6.45, 7) is 0. The predicted octanol–water partition coefficient (Wildman–Crippen LogP) is 1.92. The van der Waals surface area contributed by atoms with Crippen molar-refractivity contribution in [2.75, 3.05) is 0 Å². The highest BCUT2D eigenvalue weighted by atomic mass is 16.4. The highest BCUT2D eigenvalue weighted by Gasteiger charge is 2.17. The summed E-state index contributed by atoms with van der Waals surface area (Å²) in [5.74, 6) is 0.113. The molecular formula is C13H10N2O4. The number of imidazole rings is 1. The number of carboxylic acids is 1. The number of hydrogen-bond donors (Lipinski definition) is 2. The molecule has 96 valence electrons. The lowest BCUT2D eigenvalue weighted by atomic mass is 10.3. The van der Waals surface area contributed by atoms with E-state index in [0.717, 1.165) is 0 Å². The van der Waals surface area contributed by atoms with Crippen LogP contribution in [-0.2, 0) is 6.42 Å². The monoisotopic (exact) mass is 258 g/mol. The molecule has 0 unspecified atom stereocenters. The van der Waals surface area contributed by atoms with Gasteiger partial charge in [0.15, 0.2) is 5.69 Å². The van der Waals surface area contributed by atoms with Crippen LogP contribution in [0.15, 0.2) is 41.1 Å². The Bertz CT molecular complexity index is 743. The zero-order valence-electron chi connectivity index (χ0n) is 9.78. The molecule has 0 amide bonds. The smallest absolute Gasteiger partial charge is 0.356 e. The van der Waals surface area contributed by atoms with Crippen LogP contribution in [0.1, 0.15) is 22.1 Å². The molecule has 3 heterocycles. The van der Waals surface area contributed by atoms with E-state index in [2.05, 4.69) is 4.98 Å². The van der Waals surface area contributed by atoms with Gasteiger partial charge in [0.1, 0.15) is 17.3 Å². The molecule has 0 aliphatic carbocycles. The van der Waals surface area contributed by atoms with Gasteiger partial charge in [-0.2, -0.15) is 0 Å². The van der Waals surface area contributed by atoms with E-state index in [0.29, 0.717) is 23.5 Å². The SMILES string of the molecule is O=C(O)c1nc(Cc2ccco2)n2cc(O)ccc12. The van der Waals surface area contributed by atoms with Gasteiger partial charge in [-0.15, -0.1) is 0 Å². The Kier molecular flexibility index (Phi) is 2.49. The molecule has 0 aliphatic rings. The van der Waals surface area contributed by atoms with E-state index in [1.165, 1.54) is 18.3 Å². The summed E-state index contributed by atoms with van der Waals surface area (Å²) < 4.78 is 6.78. The maximum Gasteiger partial charge on any atom is 0.356 e. The first kappa shape index (κ1) is 11.3. The number of fused-ring (bicyclic) bond motifs is 1. The molecule has 19 heavy (non-hydrogen) atoms. The largest absolute Gasteiger partial charge is 0.506 e. The van der Waals surface area contributed by atoms with Crippen molar-refractivity contribution in [1.82, 2.24) is 9.38 Å². The molecule has 0 saturated heterocycles. The Morgan fingerprint density at radius 1 is 1.37 bits per heavy atom. The van der Waals surface area contributed by atoms with Gasteiger partial charge in [0.25, 0.3) is 0 Å². The van der Waals surface area contributed by atoms with Gasteiger partial charge in [0.05, 0.1) is 24.4 Å². The zero-order chi connectivity index (χ0) is 13.4. The third kappa shape index (κ3) is 1.93. The molecule has 3 aromatic rings. The third-order valence-electron chi connectivity index (χ3n) is 2.81. The number of carboxylic acid groups (broad SMARTS) is 1. The number of aromatic carboxylic acids is 1. The second-order valence-corrected chi connectivity index (χ2v) is 4.08. The van der Waals surface area contributed by atoms with Gasteiger partial charge >= 0.3 is 5.97 Å². The predicted molar refractivity (Wildman–Crippen MR) is 65.3 cm³/mol. The number of aromatic nitrogens is 2. The molecule has 0 saturated carbocycles. The van der Waals surface area contributed by atoms with Crippen LogP contribution in [0.2, 0.25) is 0 Å². The van der Waals surface area contributed by atoms with Crippen LogP contribution in [0.5, 0.6) is 5.75 Å². The fraction of sp³-hybridized carbons (Fsp3) is 0.0769. The molecule has 0 aliphatic heterocycles. The van der Waals surface area contributed by atoms with Crippen LogP contribution in [0.3, 0.4) is 0 Å². The van der Waals surface area contributed by atoms with Crippen molar-refractivity contribution in [3.63, 3.8) is 0 Å². The average Bonchev–Trinajstić information content (AvgIpc) is 2.98. The van der Waals surface area contributed by atoms with Gasteiger partial charge in [0.2, 0.25) is 0 Å². The summed E-state index contributed by atoms with van der Waals surface area (Å²) in [5.41, 5.74) is 0.397. The van der Waals surface area contributed by atoms with Crippen molar-refractivity contribution < 1.29 is 19.4 Å². The molecule has 0 radical (unpaired) electrons. The zero-order valence-corrected chi connectivity index (χ0v) is 9.78. The Morgan fingerprint density at radius 2 is 2.21 bits per heavy atom. The molecule has 0 bridgehead atoms. The van der Waals surface area contributed by atoms with Crippen LogP contribution in [-0.4, -0.2) is 25.6 Å². The third-order valence-corrected chi connectivity index (χ3v) is 2.81. The molecule has 0 fully saturated rings. The number of carbonyl (C=O) groups is 1. The van der Waals surface area contributed by atoms with Crippen molar-refractivity contribution in [2.24, 2.45) is 0 Å². The van der Waals surface area contributed by atoms with Crippen molar-refractivity contribution in [3.05, 3.63) is 54.0 Å². The van der Waals surface area contributed by atoms with Gasteiger partial charge < -0.3 is 14.6 Å². The number of hydrogen-bond acceptors (Lipinski definition) is 4. The number of furan rings is 1. The average molecular weight is 258 g/mol. The summed E-state index contributed by atoms with van der Waals surface area (Å²) in [6, 6.07) is 6.49. The van der Waals surface area contributed by atoms with Crippen molar-refractivity contribution in [3.8, 4) is 5.75 Å². The minimum absolute atomic E-state index is 0.0402. The molecule has 6 heteroatoms. The highest BCUT2D eigenvalue weighted by Crippen LogP contribution is 2.20. The number of pyridine rings is 1. The first-order valence-electron chi connectivity index (χ1n) is 5.61. The van der Waals surface area contributed by atoms with E-state index >= 15 is 0 Å². The lowest BCUT2D eigenvalue weighted by molar-refractivity contribution is 0.0693. The second-order valence-electron chi connectivity index (χ2n) is 4.08. The quantitative estimate of drug-likeness (QED) is 0.749. The number of rotatable bonds is 3. The van der Waals surface area contributed by atoms with E-state index in [9.17, 15) is 9.90 Å². The fourth-order valence-corrected chi connectivity index (χ4v) is 1.99. The maximum atomic E-state index is 11.2. The van der Waals surface area contributed by atoms with Crippen LogP contribution >= 0.6 is 0 Å². The Balaban J connectivity index is 2.17. The lowest BCUT2D eigenvalue weighted by Gasteiger charge is -2.00. The highest BCUT2D eigenvalue weighted by molar-refractivity contribution is 5.93. The normalized spacial score (nSPS) is 10.9. The Morgan fingerprint density at radius 3 is 2.89 bits per heavy atom. The molecule has 6 nitrogen and oxygen atoms in total. The van der Waals surface area contributed by atoms with Gasteiger partial charge in [-0.1, -0.05) is 0 Å². The van der Waals surface area contributed by atoms with Crippen LogP contribution in [0.4, 0.5) is 0 Å². The van der Waals surface area contributed by atoms with E-state index in [4.69, 9.17) is 9.52 Å². The number of aromatic hydroxyl groups is 1. The summed E-state index contributed by atoms with van der Waals surface area (Å²) in [7, 11) is 0. The fourth-order valence-electron chi connectivity index (χ4n) is 1.99. The van der Waals surface area contributed by atoms with Gasteiger partial charge in [0, 0.05) is 0 Å². The summed E-state index contributed by atoms with van der Waals surface area (Å²) in [6.07, 6.45) is 3.33. The molecule has 0 atom stereocenters. The first-order valence-corrected chi connectivity index (χ1v) is 5.61. The second kappa shape index (κ2) is 4.16. The Hall–Kier alpha value is -2.76. The van der Waals surface area contributed by atoms with Gasteiger partial charge in [-0.25, -0.2) is 9.78 Å². The first-order chi connectivity index (χ1) is 9.15. The number of nitrogens with zero attached hydrogens (tertiary/aromatic N) is 2. The molecule has 2 N–H and O–H groups in total. The minimum atomic E-state index is -1.10. The van der Waals surface area contributed by atoms with E-state index in [1.54, 1.807) is 22.8 Å². The molecule has 3 aromatic heterocycles. The van der Waals surface area contributed by atoms with Crippen molar-refractivity contribution in [2.45, 2.75) is 6.42 Å². The summed E-state index contributed by atoms with van der Waals surface area (Å²) in [4.78, 5) is 15.3. The Labute approximate surface area is 107 Å². The van der Waals surface area contributed by atoms with Gasteiger partial charge in [-0.3, -0.25) is 4.40 Å². The molecular weight excluding hydrogens is 248 g/mol. The minimum Gasteiger partial charge on any atom is -0.506 e. The topological polar surface area (TPSA) is 88.0 Å². The van der Waals surface area contributed by atoms with E-state index in [1.807, 2.05) is 0 Å². The lowest BCUT2D eigenvalue weighted by Crippen LogP contribution is -1.97. The van der Waals surface area contributed by atoms with Crippen LogP contribution in [0, 0.1) is 0 Å². The summed E-state index contributed by atoms with van der Waals surface area (Å²) >= 11 is 0. The van der Waals surface area contributed by atoms with E-state index < -0.39 is 5.97 Å². The maximum absolute atomic E-state index is 11.2. The van der Waals surface area contributed by atoms with E-state index in [-0.39, 0.29) is 11.4 Å². The van der Waals surface area contributed by atoms with Crippen LogP contribution < -0.4 is 0 Å². The molecule has 0 aromatic carbocycles. The standard InChI is InChI=1S/C13H10N2O4/c16-8-3-4-10-12(13(17)18)14-11(15(10)7-8)6-9-2-1-5-19-9/h1-5,7,16H,6H2,(H,17,18).